The van der Waals surface area contributed by atoms with Gasteiger partial charge in [0.05, 0.1) is 6.26 Å². The van der Waals surface area contributed by atoms with Crippen LogP contribution in [-0.4, -0.2) is 44.5 Å². The Bertz CT molecular complexity index is 336. The van der Waals surface area contributed by atoms with Gasteiger partial charge in [-0.3, -0.25) is 4.79 Å². The first-order chi connectivity index (χ1) is 7.29. The topological polar surface area (TPSA) is 66.5 Å². The third-order valence-corrected chi connectivity index (χ3v) is 3.26. The number of sulfonamides is 1. The van der Waals surface area contributed by atoms with E-state index in [9.17, 15) is 13.2 Å². The Balaban J connectivity index is 4.15. The zero-order valence-corrected chi connectivity index (χ0v) is 10.9. The zero-order valence-electron chi connectivity index (χ0n) is 10.1. The van der Waals surface area contributed by atoms with Crippen LogP contribution in [0.5, 0.6) is 0 Å². The van der Waals surface area contributed by atoms with Crippen molar-refractivity contribution in [3.05, 3.63) is 12.7 Å². The van der Waals surface area contributed by atoms with Crippen molar-refractivity contribution in [3.8, 4) is 0 Å². The molecule has 0 radical (unpaired) electrons. The van der Waals surface area contributed by atoms with Gasteiger partial charge in [0.2, 0.25) is 15.9 Å². The lowest BCUT2D eigenvalue weighted by Crippen LogP contribution is -2.39. The lowest BCUT2D eigenvalue weighted by molar-refractivity contribution is -0.123. The standard InChI is InChI=1S/C10H20N2O3S/c1-5-7-12(16(4,14)15)8-6-11-10(13)9(2)3/h5,9H,1,6-8H2,2-4H3,(H,11,13). The van der Waals surface area contributed by atoms with E-state index in [1.54, 1.807) is 13.8 Å². The molecule has 0 atom stereocenters. The molecule has 0 aliphatic heterocycles. The van der Waals surface area contributed by atoms with Gasteiger partial charge < -0.3 is 5.32 Å². The van der Waals surface area contributed by atoms with Crippen LogP contribution in [0.2, 0.25) is 0 Å². The molecule has 1 N–H and O–H groups in total. The zero-order chi connectivity index (χ0) is 12.8. The predicted molar refractivity (Wildman–Crippen MR) is 64.5 cm³/mol. The molecule has 6 heteroatoms. The SMILES string of the molecule is C=CCN(CCNC(=O)C(C)C)S(C)(=O)=O. The Kier molecular flexibility index (Phi) is 6.28. The molecule has 0 heterocycles. The second-order valence-corrected chi connectivity index (χ2v) is 5.84. The van der Waals surface area contributed by atoms with Crippen molar-refractivity contribution < 1.29 is 13.2 Å². The molecule has 0 saturated carbocycles. The fourth-order valence-corrected chi connectivity index (χ4v) is 1.84. The molecule has 0 aliphatic carbocycles. The number of hydrogen-bond donors (Lipinski definition) is 1. The molecule has 0 saturated heterocycles. The largest absolute Gasteiger partial charge is 0.355 e. The summed E-state index contributed by atoms with van der Waals surface area (Å²) in [6, 6.07) is 0. The van der Waals surface area contributed by atoms with Crippen LogP contribution < -0.4 is 5.32 Å². The van der Waals surface area contributed by atoms with Crippen molar-refractivity contribution in [2.75, 3.05) is 25.9 Å². The van der Waals surface area contributed by atoms with E-state index in [1.807, 2.05) is 0 Å². The molecule has 0 aromatic rings. The normalized spacial score (nSPS) is 11.8. The fourth-order valence-electron chi connectivity index (χ4n) is 1.04. The monoisotopic (exact) mass is 248 g/mol. The number of nitrogens with zero attached hydrogens (tertiary/aromatic N) is 1. The molecular weight excluding hydrogens is 228 g/mol. The fraction of sp³-hybridized carbons (Fsp3) is 0.700. The molecule has 0 unspecified atom stereocenters. The van der Waals surface area contributed by atoms with E-state index >= 15 is 0 Å². The molecule has 94 valence electrons. The van der Waals surface area contributed by atoms with E-state index in [1.165, 1.54) is 10.4 Å². The third kappa shape index (κ3) is 5.87. The van der Waals surface area contributed by atoms with Crippen molar-refractivity contribution in [1.29, 1.82) is 0 Å². The van der Waals surface area contributed by atoms with Crippen molar-refractivity contribution >= 4 is 15.9 Å². The predicted octanol–water partition coefficient (Wildman–Crippen LogP) is 0.206. The molecule has 0 rings (SSSR count). The minimum atomic E-state index is -3.23. The minimum Gasteiger partial charge on any atom is -0.355 e. The van der Waals surface area contributed by atoms with Crippen molar-refractivity contribution in [2.45, 2.75) is 13.8 Å². The van der Waals surface area contributed by atoms with Gasteiger partial charge in [-0.2, -0.15) is 4.31 Å². The lowest BCUT2D eigenvalue weighted by Gasteiger charge is -2.18. The summed E-state index contributed by atoms with van der Waals surface area (Å²) >= 11 is 0. The summed E-state index contributed by atoms with van der Waals surface area (Å²) in [6.45, 7) is 7.91. The number of hydrogen-bond acceptors (Lipinski definition) is 3. The van der Waals surface area contributed by atoms with Crippen LogP contribution in [0.25, 0.3) is 0 Å². The molecule has 0 spiro atoms. The highest BCUT2D eigenvalue weighted by Crippen LogP contribution is 1.97. The van der Waals surface area contributed by atoms with E-state index in [-0.39, 0.29) is 24.9 Å². The summed E-state index contributed by atoms with van der Waals surface area (Å²) in [7, 11) is -3.23. The second-order valence-electron chi connectivity index (χ2n) is 3.86. The van der Waals surface area contributed by atoms with Gasteiger partial charge in [-0.15, -0.1) is 6.58 Å². The highest BCUT2D eigenvalue weighted by molar-refractivity contribution is 7.88. The van der Waals surface area contributed by atoms with Gasteiger partial charge in [-0.25, -0.2) is 8.42 Å². The van der Waals surface area contributed by atoms with E-state index < -0.39 is 10.0 Å². The van der Waals surface area contributed by atoms with Gasteiger partial charge >= 0.3 is 0 Å². The molecule has 0 aliphatic rings. The summed E-state index contributed by atoms with van der Waals surface area (Å²) < 4.78 is 23.9. The van der Waals surface area contributed by atoms with E-state index in [4.69, 9.17) is 0 Å². The van der Waals surface area contributed by atoms with Crippen LogP contribution >= 0.6 is 0 Å². The van der Waals surface area contributed by atoms with E-state index in [0.717, 1.165) is 6.26 Å². The molecule has 0 bridgehead atoms. The number of amides is 1. The molecule has 5 nitrogen and oxygen atoms in total. The highest BCUT2D eigenvalue weighted by atomic mass is 32.2. The quantitative estimate of drug-likeness (QED) is 0.655. The maximum absolute atomic E-state index is 11.3. The van der Waals surface area contributed by atoms with Crippen molar-refractivity contribution in [1.82, 2.24) is 9.62 Å². The van der Waals surface area contributed by atoms with Gasteiger partial charge in [0.25, 0.3) is 0 Å². The number of rotatable bonds is 7. The van der Waals surface area contributed by atoms with Crippen LogP contribution in [-0.2, 0) is 14.8 Å². The Morgan fingerprint density at radius 2 is 2.06 bits per heavy atom. The van der Waals surface area contributed by atoms with Crippen LogP contribution in [0.15, 0.2) is 12.7 Å². The van der Waals surface area contributed by atoms with Crippen molar-refractivity contribution in [2.24, 2.45) is 5.92 Å². The summed E-state index contributed by atoms with van der Waals surface area (Å²) in [6.07, 6.45) is 2.66. The number of carbonyl (C=O) groups excluding carboxylic acids is 1. The summed E-state index contributed by atoms with van der Waals surface area (Å²) in [5.74, 6) is -0.168. The van der Waals surface area contributed by atoms with Crippen LogP contribution in [0.1, 0.15) is 13.8 Å². The van der Waals surface area contributed by atoms with Gasteiger partial charge in [-0.05, 0) is 0 Å². The highest BCUT2D eigenvalue weighted by Gasteiger charge is 2.15. The van der Waals surface area contributed by atoms with Crippen LogP contribution in [0, 0.1) is 5.92 Å². The number of nitrogens with one attached hydrogen (secondary N) is 1. The smallest absolute Gasteiger partial charge is 0.222 e. The van der Waals surface area contributed by atoms with Gasteiger partial charge in [0, 0.05) is 25.6 Å². The Morgan fingerprint density at radius 3 is 2.44 bits per heavy atom. The summed E-state index contributed by atoms with van der Waals surface area (Å²) in [5.41, 5.74) is 0. The molecule has 1 amide bonds. The third-order valence-electron chi connectivity index (χ3n) is 1.99. The second kappa shape index (κ2) is 6.65. The van der Waals surface area contributed by atoms with E-state index in [0.29, 0.717) is 6.54 Å². The summed E-state index contributed by atoms with van der Waals surface area (Å²) in [4.78, 5) is 11.2. The Hall–Kier alpha value is -0.880. The minimum absolute atomic E-state index is 0.0768. The average molecular weight is 248 g/mol. The number of carbonyl (C=O) groups is 1. The van der Waals surface area contributed by atoms with Gasteiger partial charge in [0.1, 0.15) is 0 Å². The lowest BCUT2D eigenvalue weighted by atomic mass is 10.2. The first-order valence-electron chi connectivity index (χ1n) is 5.12. The van der Waals surface area contributed by atoms with E-state index in [2.05, 4.69) is 11.9 Å². The van der Waals surface area contributed by atoms with Crippen LogP contribution in [0.3, 0.4) is 0 Å². The maximum Gasteiger partial charge on any atom is 0.222 e. The molecular formula is C10H20N2O3S. The molecule has 0 aromatic carbocycles. The molecule has 16 heavy (non-hydrogen) atoms. The first-order valence-corrected chi connectivity index (χ1v) is 6.97. The van der Waals surface area contributed by atoms with Crippen molar-refractivity contribution in [3.63, 3.8) is 0 Å². The Morgan fingerprint density at radius 1 is 1.50 bits per heavy atom. The average Bonchev–Trinajstić information content (AvgIpc) is 2.14. The summed E-state index contributed by atoms with van der Waals surface area (Å²) in [5, 5.41) is 2.66. The first kappa shape index (κ1) is 15.1. The van der Waals surface area contributed by atoms with Gasteiger partial charge in [0.15, 0.2) is 0 Å². The molecule has 0 aromatic heterocycles. The Labute approximate surface area is 97.6 Å². The maximum atomic E-state index is 11.3. The van der Waals surface area contributed by atoms with Gasteiger partial charge in [-0.1, -0.05) is 19.9 Å². The van der Waals surface area contributed by atoms with Crippen LogP contribution in [0.4, 0.5) is 0 Å². The molecule has 0 fully saturated rings.